The molecule has 0 saturated heterocycles. The molecule has 188 valence electrons. The molecule has 1 aliphatic rings. The van der Waals surface area contributed by atoms with Crippen LogP contribution >= 0.6 is 0 Å². The van der Waals surface area contributed by atoms with Gasteiger partial charge in [-0.1, -0.05) is 36.4 Å². The summed E-state index contributed by atoms with van der Waals surface area (Å²) in [5.74, 6) is -1.46. The number of rotatable bonds is 9. The Morgan fingerprint density at radius 1 is 1.03 bits per heavy atom. The van der Waals surface area contributed by atoms with Gasteiger partial charge >= 0.3 is 12.6 Å². The second-order valence-electron chi connectivity index (χ2n) is 8.13. The number of amides is 2. The molecule has 0 radical (unpaired) electrons. The van der Waals surface area contributed by atoms with E-state index in [4.69, 9.17) is 9.15 Å². The molecule has 0 spiro atoms. The van der Waals surface area contributed by atoms with Crippen LogP contribution in [-0.2, 0) is 33.7 Å². The molecule has 0 aliphatic carbocycles. The van der Waals surface area contributed by atoms with E-state index in [0.717, 1.165) is 16.7 Å². The minimum atomic E-state index is -2.89. The van der Waals surface area contributed by atoms with Crippen LogP contribution in [0.15, 0.2) is 71.3 Å². The van der Waals surface area contributed by atoms with Gasteiger partial charge < -0.3 is 24.1 Å². The lowest BCUT2D eigenvalue weighted by atomic mass is 9.93. The van der Waals surface area contributed by atoms with E-state index >= 15 is 0 Å². The molecule has 0 bridgehead atoms. The van der Waals surface area contributed by atoms with Crippen LogP contribution in [0.2, 0.25) is 0 Å². The van der Waals surface area contributed by atoms with Crippen molar-refractivity contribution in [2.75, 3.05) is 13.2 Å². The number of nitrogens with one attached hydrogen (secondary N) is 1. The smallest absolute Gasteiger partial charge is 0.387 e. The minimum absolute atomic E-state index is 0.0506. The van der Waals surface area contributed by atoms with Gasteiger partial charge in [-0.15, -0.1) is 0 Å². The van der Waals surface area contributed by atoms with Crippen LogP contribution in [-0.4, -0.2) is 48.5 Å². The van der Waals surface area contributed by atoms with Crippen molar-refractivity contribution in [3.63, 3.8) is 0 Å². The van der Waals surface area contributed by atoms with E-state index in [2.05, 4.69) is 10.1 Å². The number of hydrogen-bond acceptors (Lipinski definition) is 6. The first-order chi connectivity index (χ1) is 17.4. The Morgan fingerprint density at radius 2 is 1.78 bits per heavy atom. The number of halogens is 2. The first-order valence-electron chi connectivity index (χ1n) is 11.3. The zero-order valence-corrected chi connectivity index (χ0v) is 19.2. The maximum atomic E-state index is 13.0. The number of benzene rings is 2. The fourth-order valence-corrected chi connectivity index (χ4v) is 3.96. The summed E-state index contributed by atoms with van der Waals surface area (Å²) in [7, 11) is 0. The molecule has 10 heteroatoms. The van der Waals surface area contributed by atoms with Gasteiger partial charge in [-0.05, 0) is 47.4 Å². The first kappa shape index (κ1) is 24.9. The Morgan fingerprint density at radius 3 is 2.47 bits per heavy atom. The Kier molecular flexibility index (Phi) is 7.94. The van der Waals surface area contributed by atoms with Gasteiger partial charge in [0.25, 0.3) is 11.8 Å². The maximum absolute atomic E-state index is 13.0. The summed E-state index contributed by atoms with van der Waals surface area (Å²) >= 11 is 0. The predicted octanol–water partition coefficient (Wildman–Crippen LogP) is 3.35. The lowest BCUT2D eigenvalue weighted by Gasteiger charge is -2.34. The molecule has 2 heterocycles. The number of nitrogens with zero attached hydrogens (tertiary/aromatic N) is 1. The van der Waals surface area contributed by atoms with Gasteiger partial charge in [0, 0.05) is 19.5 Å². The molecule has 0 unspecified atom stereocenters. The van der Waals surface area contributed by atoms with Crippen LogP contribution in [0, 0.1) is 0 Å². The Balaban J connectivity index is 1.30. The van der Waals surface area contributed by atoms with Crippen LogP contribution in [0.25, 0.3) is 0 Å². The highest BCUT2D eigenvalue weighted by Crippen LogP contribution is 2.26. The molecule has 8 nitrogen and oxygen atoms in total. The monoisotopic (exact) mass is 498 g/mol. The van der Waals surface area contributed by atoms with E-state index in [-0.39, 0.29) is 31.0 Å². The first-order valence-corrected chi connectivity index (χ1v) is 11.3. The normalized spacial score (nSPS) is 14.8. The molecule has 3 aromatic rings. The highest BCUT2D eigenvalue weighted by atomic mass is 19.3. The zero-order valence-electron chi connectivity index (χ0n) is 19.2. The quantitative estimate of drug-likeness (QED) is 0.455. The summed E-state index contributed by atoms with van der Waals surface area (Å²) in [6.07, 6.45) is 2.09. The number of alkyl halides is 2. The lowest BCUT2D eigenvalue weighted by Crippen LogP contribution is -2.49. The molecule has 1 aromatic heterocycles. The second kappa shape index (κ2) is 11.5. The van der Waals surface area contributed by atoms with Gasteiger partial charge in [-0.25, -0.2) is 4.79 Å². The fourth-order valence-electron chi connectivity index (χ4n) is 3.96. The number of carbonyl (C=O) groups is 3. The number of furan rings is 1. The van der Waals surface area contributed by atoms with E-state index < -0.39 is 37.0 Å². The molecule has 1 aliphatic heterocycles. The summed E-state index contributed by atoms with van der Waals surface area (Å²) in [6, 6.07) is 15.8. The van der Waals surface area contributed by atoms with Crippen molar-refractivity contribution in [3.8, 4) is 5.75 Å². The number of esters is 1. The van der Waals surface area contributed by atoms with Gasteiger partial charge in [-0.2, -0.15) is 8.78 Å². The van der Waals surface area contributed by atoms with E-state index in [0.29, 0.717) is 6.42 Å². The topological polar surface area (TPSA) is 98.1 Å². The minimum Gasteiger partial charge on any atom is -0.459 e. The van der Waals surface area contributed by atoms with Crippen molar-refractivity contribution >= 4 is 17.8 Å². The summed E-state index contributed by atoms with van der Waals surface area (Å²) in [5.41, 5.74) is 2.66. The SMILES string of the molecule is O=C(COC(=O)[C@@H]1Cc2ccccc2CN1C(=O)c1ccco1)NCCc1ccc(OC(F)F)cc1. The lowest BCUT2D eigenvalue weighted by molar-refractivity contribution is -0.153. The van der Waals surface area contributed by atoms with Gasteiger partial charge in [-0.3, -0.25) is 9.59 Å². The summed E-state index contributed by atoms with van der Waals surface area (Å²) in [6.45, 7) is -2.92. The predicted molar refractivity (Wildman–Crippen MR) is 123 cm³/mol. The van der Waals surface area contributed by atoms with Crippen LogP contribution in [0.3, 0.4) is 0 Å². The van der Waals surface area contributed by atoms with Crippen molar-refractivity contribution in [2.45, 2.75) is 32.0 Å². The van der Waals surface area contributed by atoms with Crippen LogP contribution in [0.4, 0.5) is 8.78 Å². The molecule has 0 fully saturated rings. The van der Waals surface area contributed by atoms with Crippen molar-refractivity contribution in [1.82, 2.24) is 10.2 Å². The van der Waals surface area contributed by atoms with Gasteiger partial charge in [0.1, 0.15) is 11.8 Å². The Hall–Kier alpha value is -4.21. The van der Waals surface area contributed by atoms with Crippen LogP contribution in [0.5, 0.6) is 5.75 Å². The van der Waals surface area contributed by atoms with Crippen molar-refractivity contribution in [3.05, 3.63) is 89.4 Å². The second-order valence-corrected chi connectivity index (χ2v) is 8.13. The summed E-state index contributed by atoms with van der Waals surface area (Å²) < 4.78 is 39.2. The molecule has 2 aromatic carbocycles. The Labute approximate surface area is 205 Å². The van der Waals surface area contributed by atoms with E-state index in [9.17, 15) is 23.2 Å². The average molecular weight is 498 g/mol. The standard InChI is InChI=1S/C26H24F2N2O6/c27-26(28)36-20-9-7-17(8-10-20)11-12-29-23(31)16-35-25(33)21-14-18-4-1-2-5-19(18)15-30(21)24(32)22-6-3-13-34-22/h1-10,13,21,26H,11-12,14-16H2,(H,29,31)/t21-/m0/s1. The van der Waals surface area contributed by atoms with Gasteiger partial charge in [0.2, 0.25) is 0 Å². The highest BCUT2D eigenvalue weighted by Gasteiger charge is 2.37. The number of hydrogen-bond donors (Lipinski definition) is 1. The Bertz CT molecular complexity index is 1200. The van der Waals surface area contributed by atoms with Gasteiger partial charge in [0.05, 0.1) is 6.26 Å². The third-order valence-electron chi connectivity index (χ3n) is 5.74. The number of carbonyl (C=O) groups excluding carboxylic acids is 3. The molecule has 2 amide bonds. The third-order valence-corrected chi connectivity index (χ3v) is 5.74. The largest absolute Gasteiger partial charge is 0.459 e. The van der Waals surface area contributed by atoms with Crippen molar-refractivity contribution in [1.29, 1.82) is 0 Å². The van der Waals surface area contributed by atoms with E-state index in [1.807, 2.05) is 24.3 Å². The molecule has 4 rings (SSSR count). The third kappa shape index (κ3) is 6.26. The van der Waals surface area contributed by atoms with Crippen molar-refractivity contribution < 1.29 is 37.1 Å². The van der Waals surface area contributed by atoms with Crippen LogP contribution < -0.4 is 10.1 Å². The number of ether oxygens (including phenoxy) is 2. The average Bonchev–Trinajstić information content (AvgIpc) is 3.42. The molecule has 0 saturated carbocycles. The number of fused-ring (bicyclic) bond motifs is 1. The molecule has 1 N–H and O–H groups in total. The maximum Gasteiger partial charge on any atom is 0.387 e. The summed E-state index contributed by atoms with van der Waals surface area (Å²) in [4.78, 5) is 39.5. The van der Waals surface area contributed by atoms with E-state index in [1.54, 1.807) is 18.2 Å². The highest BCUT2D eigenvalue weighted by molar-refractivity contribution is 5.95. The summed E-state index contributed by atoms with van der Waals surface area (Å²) in [5, 5.41) is 2.65. The molecule has 36 heavy (non-hydrogen) atoms. The fraction of sp³-hybridized carbons (Fsp3) is 0.269. The van der Waals surface area contributed by atoms with Gasteiger partial charge in [0.15, 0.2) is 12.4 Å². The zero-order chi connectivity index (χ0) is 25.5. The van der Waals surface area contributed by atoms with Crippen LogP contribution in [0.1, 0.15) is 27.2 Å². The molecular weight excluding hydrogens is 474 g/mol. The molecular formula is C26H24F2N2O6. The van der Waals surface area contributed by atoms with Crippen molar-refractivity contribution in [2.24, 2.45) is 0 Å². The van der Waals surface area contributed by atoms with E-state index in [1.165, 1.54) is 29.4 Å². The molecule has 1 atom stereocenters.